The first-order valence-corrected chi connectivity index (χ1v) is 10.5. The zero-order valence-electron chi connectivity index (χ0n) is 15.5. The monoisotopic (exact) mass is 430 g/mol. The van der Waals surface area contributed by atoms with Crippen LogP contribution in [0.2, 0.25) is 0 Å². The van der Waals surface area contributed by atoms with E-state index in [9.17, 15) is 14.4 Å². The Morgan fingerprint density at radius 2 is 1.90 bits per heavy atom. The molecule has 0 aliphatic rings. The Kier molecular flexibility index (Phi) is 7.14. The number of nitrogens with one attached hydrogen (secondary N) is 2. The molecule has 0 aliphatic carbocycles. The van der Waals surface area contributed by atoms with Crippen LogP contribution in [0.5, 0.6) is 0 Å². The molecule has 0 saturated carbocycles. The van der Waals surface area contributed by atoms with Gasteiger partial charge in [0.25, 0.3) is 5.91 Å². The van der Waals surface area contributed by atoms with Crippen LogP contribution in [0.4, 0.5) is 5.13 Å². The van der Waals surface area contributed by atoms with E-state index in [0.717, 1.165) is 10.8 Å². The summed E-state index contributed by atoms with van der Waals surface area (Å²) in [5.41, 5.74) is 0.520. The van der Waals surface area contributed by atoms with Gasteiger partial charge in [-0.3, -0.25) is 19.7 Å². The molecule has 2 aromatic carbocycles. The number of ether oxygens (including phenoxy) is 1. The largest absolute Gasteiger partial charge is 0.465 e. The number of amides is 2. The van der Waals surface area contributed by atoms with E-state index in [1.165, 1.54) is 23.1 Å². The van der Waals surface area contributed by atoms with Crippen LogP contribution in [0.15, 0.2) is 46.8 Å². The van der Waals surface area contributed by atoms with E-state index >= 15 is 0 Å². The highest BCUT2D eigenvalue weighted by atomic mass is 32.2. The van der Waals surface area contributed by atoms with Crippen molar-refractivity contribution in [3.05, 3.63) is 48.0 Å². The summed E-state index contributed by atoms with van der Waals surface area (Å²) in [7, 11) is 0. The molecule has 3 rings (SSSR count). The van der Waals surface area contributed by atoms with E-state index in [2.05, 4.69) is 20.8 Å². The first-order chi connectivity index (χ1) is 14.0. The van der Waals surface area contributed by atoms with E-state index in [0.29, 0.717) is 15.0 Å². The fourth-order valence-corrected chi connectivity index (χ4v) is 3.96. The Morgan fingerprint density at radius 3 is 2.69 bits per heavy atom. The summed E-state index contributed by atoms with van der Waals surface area (Å²) >= 11 is 2.34. The van der Waals surface area contributed by atoms with Gasteiger partial charge in [0.15, 0.2) is 4.34 Å². The number of aromatic nitrogens is 2. The summed E-state index contributed by atoms with van der Waals surface area (Å²) in [6, 6.07) is 13.2. The first kappa shape index (κ1) is 20.7. The van der Waals surface area contributed by atoms with Crippen molar-refractivity contribution in [2.45, 2.75) is 11.3 Å². The van der Waals surface area contributed by atoms with Crippen LogP contribution in [0.25, 0.3) is 10.8 Å². The second-order valence-corrected chi connectivity index (χ2v) is 7.96. The van der Waals surface area contributed by atoms with Gasteiger partial charge in [-0.05, 0) is 29.8 Å². The maximum absolute atomic E-state index is 12.4. The van der Waals surface area contributed by atoms with Gasteiger partial charge in [-0.2, -0.15) is 0 Å². The minimum atomic E-state index is -0.486. The number of carbonyl (C=O) groups excluding carboxylic acids is 3. The summed E-state index contributed by atoms with van der Waals surface area (Å²) < 4.78 is 5.27. The zero-order valence-corrected chi connectivity index (χ0v) is 17.1. The van der Waals surface area contributed by atoms with Gasteiger partial charge < -0.3 is 10.1 Å². The van der Waals surface area contributed by atoms with Crippen LogP contribution in [0, 0.1) is 0 Å². The van der Waals surface area contributed by atoms with Crippen molar-refractivity contribution in [3.8, 4) is 0 Å². The Balaban J connectivity index is 1.51. The number of carbonyl (C=O) groups is 3. The van der Waals surface area contributed by atoms with Gasteiger partial charge in [0.05, 0.1) is 12.4 Å². The molecule has 0 unspecified atom stereocenters. The molecule has 1 heterocycles. The Hall–Kier alpha value is -2.98. The molecule has 8 nitrogen and oxygen atoms in total. The minimum Gasteiger partial charge on any atom is -0.465 e. The predicted molar refractivity (Wildman–Crippen MR) is 112 cm³/mol. The van der Waals surface area contributed by atoms with Gasteiger partial charge >= 0.3 is 5.97 Å². The highest BCUT2D eigenvalue weighted by Crippen LogP contribution is 2.26. The average Bonchev–Trinajstić information content (AvgIpc) is 3.18. The van der Waals surface area contributed by atoms with Gasteiger partial charge in [-0.1, -0.05) is 53.4 Å². The lowest BCUT2D eigenvalue weighted by atomic mass is 10.1. The first-order valence-electron chi connectivity index (χ1n) is 8.74. The van der Waals surface area contributed by atoms with Gasteiger partial charge in [-0.15, -0.1) is 10.2 Å². The van der Waals surface area contributed by atoms with Crippen molar-refractivity contribution in [2.24, 2.45) is 0 Å². The van der Waals surface area contributed by atoms with E-state index in [-0.39, 0.29) is 30.7 Å². The molecular formula is C19H18N4O4S2. The average molecular weight is 431 g/mol. The molecule has 10 heteroatoms. The number of anilines is 1. The van der Waals surface area contributed by atoms with Gasteiger partial charge in [-0.25, -0.2) is 0 Å². The summed E-state index contributed by atoms with van der Waals surface area (Å²) in [6.07, 6.45) is 0. The summed E-state index contributed by atoms with van der Waals surface area (Å²) in [5, 5.41) is 15.4. The van der Waals surface area contributed by atoms with Crippen molar-refractivity contribution in [2.75, 3.05) is 24.2 Å². The van der Waals surface area contributed by atoms with Crippen molar-refractivity contribution in [1.82, 2.24) is 15.5 Å². The predicted octanol–water partition coefficient (Wildman–Crippen LogP) is 2.72. The minimum absolute atomic E-state index is 0.0761. The maximum atomic E-state index is 12.4. The molecule has 0 saturated heterocycles. The number of nitrogens with zero attached hydrogens (tertiary/aromatic N) is 2. The molecule has 0 spiro atoms. The fraction of sp³-hybridized carbons (Fsp3) is 0.211. The van der Waals surface area contributed by atoms with Crippen molar-refractivity contribution in [1.29, 1.82) is 0 Å². The molecule has 0 atom stereocenters. The molecule has 150 valence electrons. The third kappa shape index (κ3) is 6.00. The van der Waals surface area contributed by atoms with Gasteiger partial charge in [0.1, 0.15) is 6.54 Å². The fourth-order valence-electron chi connectivity index (χ4n) is 2.38. The Bertz CT molecular complexity index is 1040. The van der Waals surface area contributed by atoms with Crippen LogP contribution >= 0.6 is 23.1 Å². The molecule has 0 radical (unpaired) electrons. The summed E-state index contributed by atoms with van der Waals surface area (Å²) in [5.74, 6) is -1.01. The van der Waals surface area contributed by atoms with Crippen LogP contribution < -0.4 is 10.6 Å². The lowest BCUT2D eigenvalue weighted by Gasteiger charge is -2.03. The topological polar surface area (TPSA) is 110 Å². The molecular weight excluding hydrogens is 412 g/mol. The molecule has 3 aromatic rings. The molecule has 1 aromatic heterocycles. The van der Waals surface area contributed by atoms with E-state index in [1.54, 1.807) is 13.0 Å². The maximum Gasteiger partial charge on any atom is 0.325 e. The lowest BCUT2D eigenvalue weighted by molar-refractivity contribution is -0.143. The zero-order chi connectivity index (χ0) is 20.6. The summed E-state index contributed by atoms with van der Waals surface area (Å²) in [6.45, 7) is 1.79. The normalized spacial score (nSPS) is 10.5. The SMILES string of the molecule is CCOC(=O)CNC(=O)CSc1nnc(NC(=O)c2ccc3ccccc3c2)s1. The third-order valence-electron chi connectivity index (χ3n) is 3.70. The number of rotatable bonds is 8. The van der Waals surface area contributed by atoms with Gasteiger partial charge in [0, 0.05) is 5.56 Å². The van der Waals surface area contributed by atoms with Crippen LogP contribution in [0.1, 0.15) is 17.3 Å². The van der Waals surface area contributed by atoms with Crippen LogP contribution in [-0.4, -0.2) is 46.9 Å². The Morgan fingerprint density at radius 1 is 1.10 bits per heavy atom. The lowest BCUT2D eigenvalue weighted by Crippen LogP contribution is -2.31. The van der Waals surface area contributed by atoms with E-state index in [1.807, 2.05) is 36.4 Å². The quantitative estimate of drug-likeness (QED) is 0.321. The van der Waals surface area contributed by atoms with Crippen LogP contribution in [0.3, 0.4) is 0 Å². The standard InChI is InChI=1S/C19H18N4O4S2/c1-2-27-16(25)10-20-15(24)11-28-19-23-22-18(29-19)21-17(26)14-8-7-12-5-3-4-6-13(12)9-14/h3-9H,2,10-11H2,1H3,(H,20,24)(H,21,22,26). The number of esters is 1. The van der Waals surface area contributed by atoms with E-state index in [4.69, 9.17) is 4.74 Å². The Labute approximate surface area is 175 Å². The second-order valence-electron chi connectivity index (χ2n) is 5.76. The number of thioether (sulfide) groups is 1. The van der Waals surface area contributed by atoms with Gasteiger partial charge in [0.2, 0.25) is 11.0 Å². The molecule has 2 N–H and O–H groups in total. The molecule has 2 amide bonds. The number of benzene rings is 2. The van der Waals surface area contributed by atoms with Crippen molar-refractivity contribution < 1.29 is 19.1 Å². The summed E-state index contributed by atoms with van der Waals surface area (Å²) in [4.78, 5) is 35.4. The van der Waals surface area contributed by atoms with Crippen molar-refractivity contribution >= 4 is 56.8 Å². The molecule has 0 bridgehead atoms. The third-order valence-corrected chi connectivity index (χ3v) is 5.67. The number of hydrogen-bond donors (Lipinski definition) is 2. The molecule has 0 aliphatic heterocycles. The highest BCUT2D eigenvalue weighted by molar-refractivity contribution is 8.01. The second kappa shape index (κ2) is 9.99. The molecule has 29 heavy (non-hydrogen) atoms. The van der Waals surface area contributed by atoms with Crippen molar-refractivity contribution in [3.63, 3.8) is 0 Å². The number of fused-ring (bicyclic) bond motifs is 1. The smallest absolute Gasteiger partial charge is 0.325 e. The number of hydrogen-bond acceptors (Lipinski definition) is 8. The van der Waals surface area contributed by atoms with Crippen LogP contribution in [-0.2, 0) is 14.3 Å². The highest BCUT2D eigenvalue weighted by Gasteiger charge is 2.13. The molecule has 0 fully saturated rings. The van der Waals surface area contributed by atoms with E-state index < -0.39 is 5.97 Å².